The summed E-state index contributed by atoms with van der Waals surface area (Å²) in [5.41, 5.74) is 0. The van der Waals surface area contributed by atoms with E-state index in [9.17, 15) is 0 Å². The fourth-order valence-corrected chi connectivity index (χ4v) is 2.16. The molecule has 0 heterocycles. The Morgan fingerprint density at radius 2 is 1.55 bits per heavy atom. The summed E-state index contributed by atoms with van der Waals surface area (Å²) in [6.07, 6.45) is 3.35. The van der Waals surface area contributed by atoms with Gasteiger partial charge in [-0.05, 0) is 57.0 Å². The van der Waals surface area contributed by atoms with Crippen molar-refractivity contribution in [1.29, 1.82) is 0 Å². The van der Waals surface area contributed by atoms with Gasteiger partial charge in [-0.25, -0.2) is 9.59 Å². The molecule has 0 saturated carbocycles. The summed E-state index contributed by atoms with van der Waals surface area (Å²) in [4.78, 5) is 18.2. The lowest BCUT2D eigenvalue weighted by molar-refractivity contribution is -0.159. The third kappa shape index (κ3) is 11.4. The first-order valence-corrected chi connectivity index (χ1v) is 9.57. The molecule has 0 radical (unpaired) electrons. The second-order valence-corrected chi connectivity index (χ2v) is 6.32. The highest BCUT2D eigenvalue weighted by Gasteiger charge is 2.04. The predicted octanol–water partition coefficient (Wildman–Crippen LogP) is 4.18. The average Bonchev–Trinajstić information content (AvgIpc) is 2.71. The topological polar surface area (TPSA) is 105 Å². The normalized spacial score (nSPS) is 11.0. The highest BCUT2D eigenvalue weighted by Crippen LogP contribution is 2.25. The highest BCUT2D eigenvalue weighted by atomic mass is 16.5. The maximum atomic E-state index is 9.10. The highest BCUT2D eigenvalue weighted by molar-refractivity contribution is 6.27. The first kappa shape index (κ1) is 24.0. The SMILES string of the molecule is CCC(C)NCCCCOc1cccc(Oc2ccccc2)c1.O=C(O)C(=O)O. The second kappa shape index (κ2) is 14.0. The van der Waals surface area contributed by atoms with Crippen molar-refractivity contribution >= 4 is 11.9 Å². The van der Waals surface area contributed by atoms with Crippen LogP contribution in [0, 0.1) is 0 Å². The van der Waals surface area contributed by atoms with Crippen molar-refractivity contribution in [2.24, 2.45) is 0 Å². The van der Waals surface area contributed by atoms with Crippen LogP contribution >= 0.6 is 0 Å². The summed E-state index contributed by atoms with van der Waals surface area (Å²) < 4.78 is 11.6. The predicted molar refractivity (Wildman–Crippen MR) is 111 cm³/mol. The lowest BCUT2D eigenvalue weighted by Gasteiger charge is -2.11. The number of hydrogen-bond acceptors (Lipinski definition) is 5. The molecule has 2 rings (SSSR count). The van der Waals surface area contributed by atoms with Gasteiger partial charge < -0.3 is 25.0 Å². The minimum atomic E-state index is -1.82. The minimum Gasteiger partial charge on any atom is -0.493 e. The number of rotatable bonds is 10. The largest absolute Gasteiger partial charge is 0.493 e. The molecule has 2 aromatic rings. The number of ether oxygens (including phenoxy) is 2. The molecule has 0 fully saturated rings. The zero-order valence-corrected chi connectivity index (χ0v) is 16.8. The van der Waals surface area contributed by atoms with Crippen LogP contribution in [-0.2, 0) is 9.59 Å². The molecule has 0 bridgehead atoms. The van der Waals surface area contributed by atoms with Gasteiger partial charge >= 0.3 is 11.9 Å². The lowest BCUT2D eigenvalue weighted by Crippen LogP contribution is -2.26. The maximum Gasteiger partial charge on any atom is 0.414 e. The van der Waals surface area contributed by atoms with Gasteiger partial charge in [0.1, 0.15) is 17.2 Å². The van der Waals surface area contributed by atoms with Crippen LogP contribution in [0.5, 0.6) is 17.2 Å². The van der Waals surface area contributed by atoms with Crippen LogP contribution in [0.3, 0.4) is 0 Å². The number of carboxylic acid groups (broad SMARTS) is 2. The number of benzene rings is 2. The van der Waals surface area contributed by atoms with Gasteiger partial charge in [0.2, 0.25) is 0 Å². The first-order valence-electron chi connectivity index (χ1n) is 9.57. The van der Waals surface area contributed by atoms with E-state index in [0.29, 0.717) is 6.04 Å². The molecule has 0 aromatic heterocycles. The third-order valence-corrected chi connectivity index (χ3v) is 3.91. The Balaban J connectivity index is 0.000000612. The Bertz CT molecular complexity index is 723. The molecule has 0 aliphatic carbocycles. The van der Waals surface area contributed by atoms with E-state index in [1.165, 1.54) is 6.42 Å². The van der Waals surface area contributed by atoms with Crippen molar-refractivity contribution < 1.29 is 29.3 Å². The first-order chi connectivity index (χ1) is 13.9. The van der Waals surface area contributed by atoms with Gasteiger partial charge in [-0.3, -0.25) is 0 Å². The Hall–Kier alpha value is -3.06. The fourth-order valence-electron chi connectivity index (χ4n) is 2.16. The van der Waals surface area contributed by atoms with Crippen LogP contribution in [0.15, 0.2) is 54.6 Å². The molecule has 7 nitrogen and oxygen atoms in total. The van der Waals surface area contributed by atoms with Gasteiger partial charge in [0.05, 0.1) is 6.61 Å². The molecule has 29 heavy (non-hydrogen) atoms. The van der Waals surface area contributed by atoms with Crippen LogP contribution in [0.25, 0.3) is 0 Å². The standard InChI is InChI=1S/C20H27NO2.C2H2O4/c1-3-17(2)21-14-7-8-15-22-19-12-9-13-20(16-19)23-18-10-5-4-6-11-18;3-1(4)2(5)6/h4-6,9-13,16-17,21H,3,7-8,14-15H2,1-2H3;(H,3,4)(H,5,6). The second-order valence-electron chi connectivity index (χ2n) is 6.32. The van der Waals surface area contributed by atoms with Gasteiger partial charge in [0.15, 0.2) is 0 Å². The van der Waals surface area contributed by atoms with Gasteiger partial charge in [-0.2, -0.15) is 0 Å². The van der Waals surface area contributed by atoms with Crippen molar-refractivity contribution in [3.63, 3.8) is 0 Å². The summed E-state index contributed by atoms with van der Waals surface area (Å²) in [5.74, 6) is -1.16. The van der Waals surface area contributed by atoms with Gasteiger partial charge in [-0.15, -0.1) is 0 Å². The number of unbranched alkanes of at least 4 members (excludes halogenated alkanes) is 1. The van der Waals surface area contributed by atoms with Crippen molar-refractivity contribution in [2.45, 2.75) is 39.2 Å². The average molecular weight is 403 g/mol. The quantitative estimate of drug-likeness (QED) is 0.404. The van der Waals surface area contributed by atoms with E-state index in [2.05, 4.69) is 19.2 Å². The molecule has 2 aromatic carbocycles. The van der Waals surface area contributed by atoms with E-state index in [0.717, 1.165) is 43.2 Å². The Kier molecular flexibility index (Phi) is 11.6. The number of nitrogens with one attached hydrogen (secondary N) is 1. The van der Waals surface area contributed by atoms with Crippen molar-refractivity contribution in [1.82, 2.24) is 5.32 Å². The van der Waals surface area contributed by atoms with E-state index in [1.54, 1.807) is 0 Å². The van der Waals surface area contributed by atoms with E-state index in [-0.39, 0.29) is 0 Å². The molecule has 3 N–H and O–H groups in total. The smallest absolute Gasteiger partial charge is 0.414 e. The molecular weight excluding hydrogens is 374 g/mol. The molecule has 7 heteroatoms. The number of para-hydroxylation sites is 1. The van der Waals surface area contributed by atoms with Gasteiger partial charge in [-0.1, -0.05) is 31.2 Å². The maximum absolute atomic E-state index is 9.10. The van der Waals surface area contributed by atoms with E-state index in [1.807, 2.05) is 54.6 Å². The van der Waals surface area contributed by atoms with Gasteiger partial charge in [0.25, 0.3) is 0 Å². The Morgan fingerprint density at radius 3 is 2.17 bits per heavy atom. The molecule has 1 unspecified atom stereocenters. The minimum absolute atomic E-state index is 0.600. The molecule has 1 atom stereocenters. The lowest BCUT2D eigenvalue weighted by atomic mass is 10.2. The van der Waals surface area contributed by atoms with Crippen LogP contribution in [-0.4, -0.2) is 41.3 Å². The van der Waals surface area contributed by atoms with Crippen molar-refractivity contribution in [3.8, 4) is 17.2 Å². The zero-order chi connectivity index (χ0) is 21.5. The van der Waals surface area contributed by atoms with Crippen molar-refractivity contribution in [3.05, 3.63) is 54.6 Å². The molecule has 0 amide bonds. The van der Waals surface area contributed by atoms with E-state index < -0.39 is 11.9 Å². The van der Waals surface area contributed by atoms with Gasteiger partial charge in [0, 0.05) is 12.1 Å². The summed E-state index contributed by atoms with van der Waals surface area (Å²) in [5, 5.41) is 18.3. The molecule has 0 saturated heterocycles. The van der Waals surface area contributed by atoms with Crippen LogP contribution < -0.4 is 14.8 Å². The summed E-state index contributed by atoms with van der Waals surface area (Å²) in [7, 11) is 0. The van der Waals surface area contributed by atoms with Crippen LogP contribution in [0.1, 0.15) is 33.1 Å². The zero-order valence-electron chi connectivity index (χ0n) is 16.8. The van der Waals surface area contributed by atoms with Crippen LogP contribution in [0.4, 0.5) is 0 Å². The number of carboxylic acids is 2. The van der Waals surface area contributed by atoms with E-state index >= 15 is 0 Å². The third-order valence-electron chi connectivity index (χ3n) is 3.91. The number of hydrogen-bond donors (Lipinski definition) is 3. The summed E-state index contributed by atoms with van der Waals surface area (Å²) in [6, 6.07) is 18.2. The molecule has 0 spiro atoms. The van der Waals surface area contributed by atoms with Crippen LogP contribution in [0.2, 0.25) is 0 Å². The fraction of sp³-hybridized carbons (Fsp3) is 0.364. The molecule has 0 aliphatic rings. The number of carbonyl (C=O) groups is 2. The van der Waals surface area contributed by atoms with Crippen molar-refractivity contribution in [2.75, 3.05) is 13.2 Å². The Morgan fingerprint density at radius 1 is 0.931 bits per heavy atom. The summed E-state index contributed by atoms with van der Waals surface area (Å²) in [6.45, 7) is 6.20. The van der Waals surface area contributed by atoms with E-state index in [4.69, 9.17) is 29.3 Å². The Labute approximate surface area is 171 Å². The molecular formula is C22H29NO6. The number of aliphatic carboxylic acids is 2. The molecule has 0 aliphatic heterocycles. The summed E-state index contributed by atoms with van der Waals surface area (Å²) >= 11 is 0. The monoisotopic (exact) mass is 403 g/mol. The molecule has 158 valence electrons.